The second kappa shape index (κ2) is 7.77. The summed E-state index contributed by atoms with van der Waals surface area (Å²) in [6.45, 7) is 11.0. The van der Waals surface area contributed by atoms with E-state index >= 15 is 0 Å². The number of rotatable bonds is 7. The molecule has 2 heteroatoms. The maximum absolute atomic E-state index is 10.9. The monoisotopic (exact) mass is 308 g/mol. The van der Waals surface area contributed by atoms with Crippen molar-refractivity contribution in [2.45, 2.75) is 40.2 Å². The molecule has 0 aromatic heterocycles. The molecule has 0 bridgehead atoms. The Morgan fingerprint density at radius 2 is 1.83 bits per heavy atom. The van der Waals surface area contributed by atoms with Gasteiger partial charge in [0.25, 0.3) is 0 Å². The Balaban J connectivity index is 2.27. The second-order valence-corrected chi connectivity index (χ2v) is 5.74. The fraction of sp³-hybridized carbons (Fsp3) is 0.286. The van der Waals surface area contributed by atoms with Crippen LogP contribution in [0.2, 0.25) is 0 Å². The molecule has 2 rings (SSSR count). The van der Waals surface area contributed by atoms with E-state index in [1.165, 1.54) is 22.3 Å². The number of benzene rings is 2. The van der Waals surface area contributed by atoms with E-state index in [-0.39, 0.29) is 0 Å². The van der Waals surface area contributed by atoms with Gasteiger partial charge in [-0.05, 0) is 54.2 Å². The highest BCUT2D eigenvalue weighted by Crippen LogP contribution is 2.25. The Bertz CT molecular complexity index is 714. The molecule has 23 heavy (non-hydrogen) atoms. The molecule has 0 heterocycles. The third-order valence-corrected chi connectivity index (χ3v) is 4.04. The van der Waals surface area contributed by atoms with Crippen LogP contribution in [0.1, 0.15) is 53.4 Å². The smallest absolute Gasteiger partial charge is 0.150 e. The van der Waals surface area contributed by atoms with Gasteiger partial charge in [0.2, 0.25) is 0 Å². The predicted molar refractivity (Wildman–Crippen MR) is 96.1 cm³/mol. The maximum Gasteiger partial charge on any atom is 0.150 e. The summed E-state index contributed by atoms with van der Waals surface area (Å²) in [7, 11) is 0. The number of ether oxygens (including phenoxy) is 1. The number of allylic oxidation sites excluding steroid dienone is 1. The Kier molecular flexibility index (Phi) is 5.75. The number of aryl methyl sites for hydroxylation is 2. The minimum atomic E-state index is 0.509. The highest BCUT2D eigenvalue weighted by Gasteiger charge is 2.09. The second-order valence-electron chi connectivity index (χ2n) is 5.74. The lowest BCUT2D eigenvalue weighted by atomic mass is 9.93. The van der Waals surface area contributed by atoms with E-state index in [2.05, 4.69) is 39.5 Å². The van der Waals surface area contributed by atoms with E-state index in [1.807, 2.05) is 12.1 Å². The summed E-state index contributed by atoms with van der Waals surface area (Å²) in [6.07, 6.45) is 2.76. The van der Waals surface area contributed by atoms with Gasteiger partial charge in [0, 0.05) is 5.56 Å². The fourth-order valence-electron chi connectivity index (χ4n) is 2.73. The zero-order valence-electron chi connectivity index (χ0n) is 14.2. The average molecular weight is 308 g/mol. The molecule has 0 N–H and O–H groups in total. The summed E-state index contributed by atoms with van der Waals surface area (Å²) in [5.41, 5.74) is 6.76. The molecule has 0 spiro atoms. The molecule has 0 atom stereocenters. The molecule has 0 amide bonds. The quantitative estimate of drug-likeness (QED) is 0.654. The molecule has 0 aliphatic carbocycles. The molecule has 0 aliphatic rings. The first kappa shape index (κ1) is 17.0. The van der Waals surface area contributed by atoms with Crippen molar-refractivity contribution in [3.8, 4) is 5.75 Å². The molecule has 0 saturated carbocycles. The van der Waals surface area contributed by atoms with Crippen molar-refractivity contribution in [3.05, 3.63) is 70.8 Å². The normalized spacial score (nSPS) is 10.4. The highest BCUT2D eigenvalue weighted by atomic mass is 16.5. The molecule has 0 aliphatic heterocycles. The SMILES string of the molecule is C=C(C)c1cc(CC)c(COc2cccc(C=O)c2)cc1CC. The van der Waals surface area contributed by atoms with Gasteiger partial charge in [-0.25, -0.2) is 0 Å². The van der Waals surface area contributed by atoms with Gasteiger partial charge in [-0.1, -0.05) is 50.3 Å². The molecular weight excluding hydrogens is 284 g/mol. The Labute approximate surface area is 138 Å². The van der Waals surface area contributed by atoms with Gasteiger partial charge >= 0.3 is 0 Å². The zero-order valence-corrected chi connectivity index (χ0v) is 14.2. The van der Waals surface area contributed by atoms with E-state index in [9.17, 15) is 4.79 Å². The molecule has 0 fully saturated rings. The Hall–Kier alpha value is -2.35. The van der Waals surface area contributed by atoms with Crippen LogP contribution in [0, 0.1) is 0 Å². The standard InChI is InChI=1S/C21H24O2/c1-5-17-12-21(15(3)4)18(6-2)11-19(17)14-23-20-9-7-8-16(10-20)13-22/h7-13H,3,5-6,14H2,1-2,4H3. The third kappa shape index (κ3) is 4.10. The van der Waals surface area contributed by atoms with Gasteiger partial charge in [0.1, 0.15) is 18.6 Å². The average Bonchev–Trinajstić information content (AvgIpc) is 2.59. The first-order chi connectivity index (χ1) is 11.1. The van der Waals surface area contributed by atoms with E-state index in [0.29, 0.717) is 12.2 Å². The Morgan fingerprint density at radius 3 is 2.43 bits per heavy atom. The fourth-order valence-corrected chi connectivity index (χ4v) is 2.73. The lowest BCUT2D eigenvalue weighted by Crippen LogP contribution is -2.03. The van der Waals surface area contributed by atoms with Crippen LogP contribution in [-0.2, 0) is 19.4 Å². The van der Waals surface area contributed by atoms with Crippen molar-refractivity contribution in [1.29, 1.82) is 0 Å². The van der Waals surface area contributed by atoms with Gasteiger partial charge in [-0.2, -0.15) is 0 Å². The predicted octanol–water partition coefficient (Wildman–Crippen LogP) is 5.24. The molecule has 0 radical (unpaired) electrons. The number of carbonyl (C=O) groups is 1. The van der Waals surface area contributed by atoms with Crippen LogP contribution < -0.4 is 4.74 Å². The number of hydrogen-bond acceptors (Lipinski definition) is 2. The van der Waals surface area contributed by atoms with E-state index in [4.69, 9.17) is 4.74 Å². The maximum atomic E-state index is 10.9. The van der Waals surface area contributed by atoms with Gasteiger partial charge in [0.05, 0.1) is 0 Å². The summed E-state index contributed by atoms with van der Waals surface area (Å²) in [5, 5.41) is 0. The van der Waals surface area contributed by atoms with Gasteiger partial charge in [-0.15, -0.1) is 0 Å². The minimum absolute atomic E-state index is 0.509. The number of carbonyl (C=O) groups excluding carboxylic acids is 1. The first-order valence-corrected chi connectivity index (χ1v) is 8.07. The van der Waals surface area contributed by atoms with Crippen LogP contribution in [-0.4, -0.2) is 6.29 Å². The van der Waals surface area contributed by atoms with Crippen LogP contribution in [0.4, 0.5) is 0 Å². The van der Waals surface area contributed by atoms with Crippen molar-refractivity contribution in [3.63, 3.8) is 0 Å². The summed E-state index contributed by atoms with van der Waals surface area (Å²) >= 11 is 0. The number of hydrogen-bond donors (Lipinski definition) is 0. The van der Waals surface area contributed by atoms with Gasteiger partial charge < -0.3 is 4.74 Å². The zero-order chi connectivity index (χ0) is 16.8. The largest absolute Gasteiger partial charge is 0.489 e. The molecule has 0 saturated heterocycles. The van der Waals surface area contributed by atoms with Crippen molar-refractivity contribution < 1.29 is 9.53 Å². The van der Waals surface area contributed by atoms with Gasteiger partial charge in [-0.3, -0.25) is 4.79 Å². The minimum Gasteiger partial charge on any atom is -0.489 e. The van der Waals surface area contributed by atoms with Crippen molar-refractivity contribution in [2.75, 3.05) is 0 Å². The van der Waals surface area contributed by atoms with Crippen LogP contribution in [0.25, 0.3) is 5.57 Å². The molecule has 0 unspecified atom stereocenters. The van der Waals surface area contributed by atoms with E-state index < -0.39 is 0 Å². The van der Waals surface area contributed by atoms with Crippen molar-refractivity contribution in [1.82, 2.24) is 0 Å². The molecule has 120 valence electrons. The summed E-state index contributed by atoms with van der Waals surface area (Å²) in [5.74, 6) is 0.721. The van der Waals surface area contributed by atoms with Gasteiger partial charge in [0.15, 0.2) is 0 Å². The summed E-state index contributed by atoms with van der Waals surface area (Å²) in [6, 6.07) is 11.7. The van der Waals surface area contributed by atoms with E-state index in [1.54, 1.807) is 12.1 Å². The summed E-state index contributed by atoms with van der Waals surface area (Å²) < 4.78 is 5.90. The first-order valence-electron chi connectivity index (χ1n) is 8.07. The van der Waals surface area contributed by atoms with Crippen LogP contribution >= 0.6 is 0 Å². The number of aldehydes is 1. The lowest BCUT2D eigenvalue weighted by molar-refractivity contribution is 0.112. The van der Waals surface area contributed by atoms with Crippen LogP contribution in [0.5, 0.6) is 5.75 Å². The van der Waals surface area contributed by atoms with E-state index in [0.717, 1.165) is 30.5 Å². The lowest BCUT2D eigenvalue weighted by Gasteiger charge is -2.16. The third-order valence-electron chi connectivity index (χ3n) is 4.04. The topological polar surface area (TPSA) is 26.3 Å². The van der Waals surface area contributed by atoms with Crippen LogP contribution in [0.3, 0.4) is 0 Å². The molecule has 2 nitrogen and oxygen atoms in total. The highest BCUT2D eigenvalue weighted by molar-refractivity contribution is 5.75. The molecule has 2 aromatic carbocycles. The van der Waals surface area contributed by atoms with Crippen molar-refractivity contribution in [2.24, 2.45) is 0 Å². The van der Waals surface area contributed by atoms with Crippen molar-refractivity contribution >= 4 is 11.9 Å². The molecular formula is C21H24O2. The van der Waals surface area contributed by atoms with Crippen LogP contribution in [0.15, 0.2) is 43.0 Å². The Morgan fingerprint density at radius 1 is 1.09 bits per heavy atom. The molecule has 2 aromatic rings. The summed E-state index contributed by atoms with van der Waals surface area (Å²) in [4.78, 5) is 10.9.